The van der Waals surface area contributed by atoms with Gasteiger partial charge in [-0.1, -0.05) is 0 Å². The molecule has 0 bridgehead atoms. The van der Waals surface area contributed by atoms with Crippen LogP contribution in [0.1, 0.15) is 19.3 Å². The molecule has 3 nitrogen and oxygen atoms in total. The molecule has 0 spiro atoms. The van der Waals surface area contributed by atoms with Crippen LogP contribution >= 0.6 is 11.8 Å². The first-order valence-electron chi connectivity index (χ1n) is 3.70. The first kappa shape index (κ1) is 8.87. The third kappa shape index (κ3) is 1.68. The van der Waals surface area contributed by atoms with Crippen molar-refractivity contribution in [1.29, 1.82) is 0 Å². The largest absolute Gasteiger partial charge is 0.368 e. The number of carbonyl (C=O) groups excluding carboxylic acids is 1. The van der Waals surface area contributed by atoms with Gasteiger partial charge in [0, 0.05) is 5.25 Å². The van der Waals surface area contributed by atoms with Gasteiger partial charge >= 0.3 is 0 Å². The van der Waals surface area contributed by atoms with Crippen LogP contribution in [0.4, 0.5) is 0 Å². The molecule has 2 unspecified atom stereocenters. The van der Waals surface area contributed by atoms with Crippen molar-refractivity contribution in [3.05, 3.63) is 0 Å². The standard InChI is InChI=1S/C7H14N2OS/c1-11-5-2-3-7(9,4-5)6(8)10/h5H,2-4,9H2,1H3,(H2,8,10). The van der Waals surface area contributed by atoms with Crippen LogP contribution in [0.15, 0.2) is 0 Å². The highest BCUT2D eigenvalue weighted by Crippen LogP contribution is 2.33. The summed E-state index contributed by atoms with van der Waals surface area (Å²) in [6, 6.07) is 0. The van der Waals surface area contributed by atoms with E-state index in [1.54, 1.807) is 11.8 Å². The van der Waals surface area contributed by atoms with Crippen molar-refractivity contribution in [3.8, 4) is 0 Å². The lowest BCUT2D eigenvalue weighted by Gasteiger charge is -2.18. The van der Waals surface area contributed by atoms with Crippen molar-refractivity contribution >= 4 is 17.7 Å². The van der Waals surface area contributed by atoms with Crippen molar-refractivity contribution < 1.29 is 4.79 Å². The lowest BCUT2D eigenvalue weighted by atomic mass is 9.99. The zero-order valence-electron chi connectivity index (χ0n) is 6.67. The van der Waals surface area contributed by atoms with E-state index >= 15 is 0 Å². The molecule has 0 radical (unpaired) electrons. The van der Waals surface area contributed by atoms with Gasteiger partial charge in [0.25, 0.3) is 0 Å². The molecule has 1 aliphatic rings. The summed E-state index contributed by atoms with van der Waals surface area (Å²) in [5, 5.41) is 0.521. The van der Waals surface area contributed by atoms with Crippen LogP contribution in [0.25, 0.3) is 0 Å². The molecule has 0 aliphatic heterocycles. The van der Waals surface area contributed by atoms with E-state index < -0.39 is 5.54 Å². The summed E-state index contributed by atoms with van der Waals surface area (Å²) in [6.45, 7) is 0. The molecule has 2 atom stereocenters. The molecule has 64 valence electrons. The van der Waals surface area contributed by atoms with Crippen molar-refractivity contribution in [3.63, 3.8) is 0 Å². The van der Waals surface area contributed by atoms with Crippen LogP contribution in [-0.2, 0) is 4.79 Å². The summed E-state index contributed by atoms with van der Waals surface area (Å²) >= 11 is 1.76. The fraction of sp³-hybridized carbons (Fsp3) is 0.857. The lowest BCUT2D eigenvalue weighted by Crippen LogP contribution is -2.50. The molecule has 1 aliphatic carbocycles. The van der Waals surface area contributed by atoms with Crippen LogP contribution in [0.2, 0.25) is 0 Å². The SMILES string of the molecule is CSC1CCC(N)(C(N)=O)C1. The number of amides is 1. The van der Waals surface area contributed by atoms with E-state index in [4.69, 9.17) is 11.5 Å². The van der Waals surface area contributed by atoms with Gasteiger partial charge in [0.05, 0.1) is 5.54 Å². The van der Waals surface area contributed by atoms with Crippen molar-refractivity contribution in [2.45, 2.75) is 30.1 Å². The first-order valence-corrected chi connectivity index (χ1v) is 4.99. The predicted octanol–water partition coefficient (Wildman–Crippen LogP) is 0.0847. The Hall–Kier alpha value is -0.220. The van der Waals surface area contributed by atoms with Crippen LogP contribution < -0.4 is 11.5 Å². The van der Waals surface area contributed by atoms with E-state index in [2.05, 4.69) is 0 Å². The molecule has 4 heteroatoms. The van der Waals surface area contributed by atoms with E-state index in [-0.39, 0.29) is 5.91 Å². The third-order valence-corrected chi connectivity index (χ3v) is 3.40. The van der Waals surface area contributed by atoms with Gasteiger partial charge in [0.15, 0.2) is 0 Å². The molecule has 0 aromatic carbocycles. The molecule has 1 amide bonds. The molecule has 11 heavy (non-hydrogen) atoms. The van der Waals surface area contributed by atoms with Gasteiger partial charge < -0.3 is 11.5 Å². The van der Waals surface area contributed by atoms with Gasteiger partial charge in [-0.3, -0.25) is 4.79 Å². The molecule has 1 rings (SSSR count). The number of hydrogen-bond acceptors (Lipinski definition) is 3. The van der Waals surface area contributed by atoms with Gasteiger partial charge in [-0.05, 0) is 25.5 Å². The Morgan fingerprint density at radius 1 is 1.73 bits per heavy atom. The van der Waals surface area contributed by atoms with Crippen LogP contribution in [0, 0.1) is 0 Å². The Morgan fingerprint density at radius 3 is 2.64 bits per heavy atom. The van der Waals surface area contributed by atoms with Crippen LogP contribution in [0.3, 0.4) is 0 Å². The summed E-state index contributed by atoms with van der Waals surface area (Å²) in [4.78, 5) is 10.9. The molecule has 0 aromatic heterocycles. The Kier molecular flexibility index (Phi) is 2.44. The second kappa shape index (κ2) is 3.03. The Morgan fingerprint density at radius 2 is 2.36 bits per heavy atom. The van der Waals surface area contributed by atoms with E-state index in [0.29, 0.717) is 5.25 Å². The van der Waals surface area contributed by atoms with Gasteiger partial charge in [0.1, 0.15) is 0 Å². The van der Waals surface area contributed by atoms with Gasteiger partial charge in [-0.15, -0.1) is 0 Å². The maximum absolute atomic E-state index is 10.9. The summed E-state index contributed by atoms with van der Waals surface area (Å²) in [5.41, 5.74) is 10.2. The maximum atomic E-state index is 10.9. The topological polar surface area (TPSA) is 69.1 Å². The van der Waals surface area contributed by atoms with E-state index in [9.17, 15) is 4.79 Å². The van der Waals surface area contributed by atoms with Gasteiger partial charge in [-0.2, -0.15) is 11.8 Å². The van der Waals surface area contributed by atoms with E-state index in [1.807, 2.05) is 6.26 Å². The minimum Gasteiger partial charge on any atom is -0.368 e. The fourth-order valence-corrected chi connectivity index (χ4v) is 2.27. The quantitative estimate of drug-likeness (QED) is 0.623. The Balaban J connectivity index is 2.57. The second-order valence-electron chi connectivity index (χ2n) is 3.12. The Labute approximate surface area is 70.9 Å². The third-order valence-electron chi connectivity index (χ3n) is 2.33. The zero-order chi connectivity index (χ0) is 8.48. The summed E-state index contributed by atoms with van der Waals surface area (Å²) in [7, 11) is 0. The highest BCUT2D eigenvalue weighted by Gasteiger charge is 2.40. The summed E-state index contributed by atoms with van der Waals surface area (Å²) < 4.78 is 0. The van der Waals surface area contributed by atoms with Crippen molar-refractivity contribution in [2.75, 3.05) is 6.26 Å². The zero-order valence-corrected chi connectivity index (χ0v) is 7.49. The Bertz CT molecular complexity index is 174. The number of hydrogen-bond donors (Lipinski definition) is 2. The molecular formula is C7H14N2OS. The number of rotatable bonds is 2. The lowest BCUT2D eigenvalue weighted by molar-refractivity contribution is -0.122. The second-order valence-corrected chi connectivity index (χ2v) is 4.26. The monoisotopic (exact) mass is 174 g/mol. The number of thioether (sulfide) groups is 1. The molecule has 1 saturated carbocycles. The average molecular weight is 174 g/mol. The van der Waals surface area contributed by atoms with Crippen LogP contribution in [-0.4, -0.2) is 23.0 Å². The van der Waals surface area contributed by atoms with Crippen molar-refractivity contribution in [1.82, 2.24) is 0 Å². The highest BCUT2D eigenvalue weighted by molar-refractivity contribution is 7.99. The molecule has 1 fully saturated rings. The molecule has 0 aromatic rings. The maximum Gasteiger partial charge on any atom is 0.237 e. The normalized spacial score (nSPS) is 37.5. The molecular weight excluding hydrogens is 160 g/mol. The molecule has 0 heterocycles. The minimum atomic E-state index is -0.715. The highest BCUT2D eigenvalue weighted by atomic mass is 32.2. The number of nitrogens with two attached hydrogens (primary N) is 2. The summed E-state index contributed by atoms with van der Waals surface area (Å²) in [6.07, 6.45) is 4.54. The number of primary amides is 1. The van der Waals surface area contributed by atoms with Gasteiger partial charge in [-0.25, -0.2) is 0 Å². The smallest absolute Gasteiger partial charge is 0.237 e. The molecule has 4 N–H and O–H groups in total. The average Bonchev–Trinajstić information content (AvgIpc) is 2.33. The van der Waals surface area contributed by atoms with E-state index in [1.165, 1.54) is 0 Å². The summed E-state index contributed by atoms with van der Waals surface area (Å²) in [5.74, 6) is -0.353. The first-order chi connectivity index (χ1) is 5.08. The fourth-order valence-electron chi connectivity index (χ4n) is 1.45. The van der Waals surface area contributed by atoms with E-state index in [0.717, 1.165) is 19.3 Å². The molecule has 0 saturated heterocycles. The number of carbonyl (C=O) groups is 1. The van der Waals surface area contributed by atoms with Gasteiger partial charge in [0.2, 0.25) is 5.91 Å². The van der Waals surface area contributed by atoms with Crippen LogP contribution in [0.5, 0.6) is 0 Å². The minimum absolute atomic E-state index is 0.353. The predicted molar refractivity (Wildman–Crippen MR) is 47.3 cm³/mol. The van der Waals surface area contributed by atoms with Crippen molar-refractivity contribution in [2.24, 2.45) is 11.5 Å².